The fourth-order valence-corrected chi connectivity index (χ4v) is 8.08. The number of nitrogens with one attached hydrogen (secondary N) is 1. The third kappa shape index (κ3) is 45.9. The van der Waals surface area contributed by atoms with Crippen molar-refractivity contribution >= 4 is 11.9 Å². The number of ether oxygens (including phenoxy) is 1. The fraction of sp³-hybridized carbons (Fsp3) is 0.889. The van der Waals surface area contributed by atoms with Gasteiger partial charge in [-0.1, -0.05) is 244 Å². The molecular weight excluding hydrogens is 743 g/mol. The monoisotopic (exact) mass is 846 g/mol. The average Bonchev–Trinajstić information content (AvgIpc) is 3.25. The van der Waals surface area contributed by atoms with Gasteiger partial charge >= 0.3 is 5.97 Å². The van der Waals surface area contributed by atoms with E-state index in [1.54, 1.807) is 6.08 Å². The standard InChI is InChI=1S/C54H103NO5/c1-3-5-7-9-11-13-15-27-30-34-38-42-46-52(57)51(50-56)55-53(58)47-43-39-35-31-28-24-22-20-18-16-17-19-21-23-25-29-33-37-41-45-49-60-54(59)48-44-40-36-32-26-14-12-10-8-6-4-2/h10,12,42,46,51-52,56-57H,3-9,11,13-41,43-45,47-50H2,1-2H3,(H,55,58)/b12-10-,46-42+. The zero-order valence-electron chi connectivity index (χ0n) is 40.2. The molecule has 0 heterocycles. The van der Waals surface area contributed by atoms with Crippen LogP contribution in [0.5, 0.6) is 0 Å². The second-order valence-electron chi connectivity index (χ2n) is 18.2. The molecule has 0 aromatic carbocycles. The molecule has 354 valence electrons. The van der Waals surface area contributed by atoms with Crippen LogP contribution in [0.15, 0.2) is 24.3 Å². The lowest BCUT2D eigenvalue weighted by Gasteiger charge is -2.20. The molecule has 6 nitrogen and oxygen atoms in total. The Morgan fingerprint density at radius 3 is 1.23 bits per heavy atom. The molecule has 6 heteroatoms. The van der Waals surface area contributed by atoms with Crippen LogP contribution >= 0.6 is 0 Å². The number of carbonyl (C=O) groups is 2. The summed E-state index contributed by atoms with van der Waals surface area (Å²) in [6.45, 7) is 4.85. The maximum absolute atomic E-state index is 12.4. The van der Waals surface area contributed by atoms with Crippen molar-refractivity contribution in [3.63, 3.8) is 0 Å². The number of hydrogen-bond donors (Lipinski definition) is 3. The van der Waals surface area contributed by atoms with Crippen LogP contribution < -0.4 is 5.32 Å². The molecule has 0 aliphatic carbocycles. The minimum atomic E-state index is -0.844. The Bertz CT molecular complexity index is 935. The van der Waals surface area contributed by atoms with E-state index in [1.165, 1.54) is 212 Å². The SMILES string of the molecule is CCCC/C=C\CCCCCCCC(=O)OCCCCCCCCCCCCCCCCCCCCCCC(=O)NC(CO)C(O)/C=C/CCCCCCCCCCCC. The van der Waals surface area contributed by atoms with Crippen molar-refractivity contribution in [2.45, 2.75) is 296 Å². The molecule has 0 saturated carbocycles. The summed E-state index contributed by atoms with van der Waals surface area (Å²) in [6, 6.07) is -0.627. The minimum absolute atomic E-state index is 0.00154. The predicted octanol–water partition coefficient (Wildman–Crippen LogP) is 15.9. The highest BCUT2D eigenvalue weighted by Crippen LogP contribution is 2.16. The molecule has 1 amide bonds. The molecule has 0 aliphatic heterocycles. The van der Waals surface area contributed by atoms with Crippen molar-refractivity contribution in [1.29, 1.82) is 0 Å². The summed E-state index contributed by atoms with van der Waals surface area (Å²) in [5.74, 6) is -0.0722. The Labute approximate surface area is 373 Å². The first-order chi connectivity index (χ1) is 29.5. The quantitative estimate of drug-likeness (QED) is 0.0322. The van der Waals surface area contributed by atoms with Crippen molar-refractivity contribution < 1.29 is 24.5 Å². The summed E-state index contributed by atoms with van der Waals surface area (Å²) in [6.07, 6.45) is 59.0. The van der Waals surface area contributed by atoms with E-state index >= 15 is 0 Å². The van der Waals surface area contributed by atoms with E-state index in [0.29, 0.717) is 19.4 Å². The topological polar surface area (TPSA) is 95.9 Å². The van der Waals surface area contributed by atoms with E-state index in [4.69, 9.17) is 4.74 Å². The summed E-state index contributed by atoms with van der Waals surface area (Å²) in [7, 11) is 0. The molecule has 60 heavy (non-hydrogen) atoms. The van der Waals surface area contributed by atoms with Gasteiger partial charge in [0.05, 0.1) is 25.4 Å². The summed E-state index contributed by atoms with van der Waals surface area (Å²) in [5, 5.41) is 23.0. The van der Waals surface area contributed by atoms with E-state index in [1.807, 2.05) is 6.08 Å². The molecule has 0 spiro atoms. The van der Waals surface area contributed by atoms with Gasteiger partial charge in [0.15, 0.2) is 0 Å². The lowest BCUT2D eigenvalue weighted by Crippen LogP contribution is -2.45. The second kappa shape index (κ2) is 50.0. The minimum Gasteiger partial charge on any atom is -0.466 e. The van der Waals surface area contributed by atoms with Crippen LogP contribution in [0.3, 0.4) is 0 Å². The average molecular weight is 846 g/mol. The number of carbonyl (C=O) groups excluding carboxylic acids is 2. The van der Waals surface area contributed by atoms with Crippen molar-refractivity contribution in [2.75, 3.05) is 13.2 Å². The lowest BCUT2D eigenvalue weighted by atomic mass is 10.0. The highest BCUT2D eigenvalue weighted by molar-refractivity contribution is 5.76. The number of esters is 1. The number of amides is 1. The van der Waals surface area contributed by atoms with Gasteiger partial charge in [-0.15, -0.1) is 0 Å². The van der Waals surface area contributed by atoms with Crippen LogP contribution in [-0.4, -0.2) is 47.4 Å². The summed E-state index contributed by atoms with van der Waals surface area (Å²) < 4.78 is 5.45. The van der Waals surface area contributed by atoms with Crippen LogP contribution in [0.1, 0.15) is 284 Å². The Hall–Kier alpha value is -1.66. The number of allylic oxidation sites excluding steroid dienone is 3. The highest BCUT2D eigenvalue weighted by atomic mass is 16.5. The van der Waals surface area contributed by atoms with Crippen molar-refractivity contribution in [2.24, 2.45) is 0 Å². The Morgan fingerprint density at radius 1 is 0.450 bits per heavy atom. The van der Waals surface area contributed by atoms with E-state index in [9.17, 15) is 19.8 Å². The molecule has 0 aromatic rings. The van der Waals surface area contributed by atoms with Gasteiger partial charge in [-0.05, 0) is 51.4 Å². The van der Waals surface area contributed by atoms with Gasteiger partial charge in [0.1, 0.15) is 0 Å². The van der Waals surface area contributed by atoms with Gasteiger partial charge in [0, 0.05) is 12.8 Å². The number of unbranched alkanes of at least 4 members (excludes halogenated alkanes) is 36. The Balaban J connectivity index is 3.41. The zero-order valence-corrected chi connectivity index (χ0v) is 40.2. The number of rotatable bonds is 49. The van der Waals surface area contributed by atoms with Gasteiger partial charge in [0.2, 0.25) is 5.91 Å². The lowest BCUT2D eigenvalue weighted by molar-refractivity contribution is -0.143. The highest BCUT2D eigenvalue weighted by Gasteiger charge is 2.18. The normalized spacial score (nSPS) is 12.8. The number of hydrogen-bond acceptors (Lipinski definition) is 5. The van der Waals surface area contributed by atoms with Gasteiger partial charge in [-0.25, -0.2) is 0 Å². The largest absolute Gasteiger partial charge is 0.466 e. The van der Waals surface area contributed by atoms with Crippen LogP contribution in [0, 0.1) is 0 Å². The molecule has 0 rings (SSSR count). The molecule has 0 radical (unpaired) electrons. The van der Waals surface area contributed by atoms with Crippen LogP contribution in [0.25, 0.3) is 0 Å². The van der Waals surface area contributed by atoms with Gasteiger partial charge in [-0.2, -0.15) is 0 Å². The molecule has 2 unspecified atom stereocenters. The molecule has 0 saturated heterocycles. The van der Waals surface area contributed by atoms with Crippen molar-refractivity contribution in [3.05, 3.63) is 24.3 Å². The van der Waals surface area contributed by atoms with Crippen molar-refractivity contribution in [3.8, 4) is 0 Å². The van der Waals surface area contributed by atoms with E-state index < -0.39 is 12.1 Å². The molecule has 0 aliphatic rings. The summed E-state index contributed by atoms with van der Waals surface area (Å²) in [4.78, 5) is 24.4. The van der Waals surface area contributed by atoms with Gasteiger partial charge in [0.25, 0.3) is 0 Å². The maximum Gasteiger partial charge on any atom is 0.305 e. The third-order valence-electron chi connectivity index (χ3n) is 12.2. The molecule has 3 N–H and O–H groups in total. The first kappa shape index (κ1) is 58.3. The first-order valence-corrected chi connectivity index (χ1v) is 26.6. The van der Waals surface area contributed by atoms with Crippen LogP contribution in [-0.2, 0) is 14.3 Å². The first-order valence-electron chi connectivity index (χ1n) is 26.6. The Morgan fingerprint density at radius 2 is 0.800 bits per heavy atom. The maximum atomic E-state index is 12.4. The van der Waals surface area contributed by atoms with Gasteiger partial charge in [-0.3, -0.25) is 9.59 Å². The molecule has 0 aromatic heterocycles. The molecule has 0 fully saturated rings. The van der Waals surface area contributed by atoms with E-state index in [2.05, 4.69) is 31.3 Å². The molecule has 0 bridgehead atoms. The van der Waals surface area contributed by atoms with Crippen molar-refractivity contribution in [1.82, 2.24) is 5.32 Å². The van der Waals surface area contributed by atoms with E-state index in [0.717, 1.165) is 44.9 Å². The Kier molecular flexibility index (Phi) is 48.6. The summed E-state index contributed by atoms with van der Waals surface area (Å²) in [5.41, 5.74) is 0. The molecular formula is C54H103NO5. The third-order valence-corrected chi connectivity index (χ3v) is 12.2. The summed E-state index contributed by atoms with van der Waals surface area (Å²) >= 11 is 0. The predicted molar refractivity (Wildman–Crippen MR) is 260 cm³/mol. The second-order valence-corrected chi connectivity index (χ2v) is 18.2. The van der Waals surface area contributed by atoms with Crippen LogP contribution in [0.4, 0.5) is 0 Å². The fourth-order valence-electron chi connectivity index (χ4n) is 8.08. The number of aliphatic hydroxyl groups is 2. The number of aliphatic hydroxyl groups excluding tert-OH is 2. The zero-order chi connectivity index (χ0) is 43.7. The molecule has 2 atom stereocenters. The van der Waals surface area contributed by atoms with Crippen LogP contribution in [0.2, 0.25) is 0 Å². The van der Waals surface area contributed by atoms with E-state index in [-0.39, 0.29) is 18.5 Å². The van der Waals surface area contributed by atoms with Gasteiger partial charge < -0.3 is 20.3 Å². The smallest absolute Gasteiger partial charge is 0.305 e.